The zero-order valence-corrected chi connectivity index (χ0v) is 15.2. The molecule has 2 fully saturated rings. The van der Waals surface area contributed by atoms with E-state index in [0.717, 1.165) is 42.3 Å². The number of urea groups is 1. The van der Waals surface area contributed by atoms with Gasteiger partial charge in [0.2, 0.25) is 11.8 Å². The fourth-order valence-electron chi connectivity index (χ4n) is 3.34. The fraction of sp³-hybridized carbons (Fsp3) is 0.474. The molecule has 3 rings (SSSR count). The van der Waals surface area contributed by atoms with Crippen molar-refractivity contribution in [1.82, 2.24) is 14.7 Å². The van der Waals surface area contributed by atoms with Gasteiger partial charge in [0, 0.05) is 39.9 Å². The molecule has 4 amide bonds. The van der Waals surface area contributed by atoms with E-state index in [1.54, 1.807) is 0 Å². The van der Waals surface area contributed by atoms with Crippen molar-refractivity contribution < 1.29 is 14.4 Å². The Balaban J connectivity index is 1.54. The molecule has 0 N–H and O–H groups in total. The Labute approximate surface area is 153 Å². The van der Waals surface area contributed by atoms with Crippen LogP contribution in [0.15, 0.2) is 35.3 Å². The molecular weight excluding hydrogens is 332 g/mol. The number of rotatable bonds is 4. The first kappa shape index (κ1) is 18.3. The van der Waals surface area contributed by atoms with Gasteiger partial charge in [-0.2, -0.15) is 0 Å². The number of likely N-dealkylation sites (tertiary alicyclic amines) is 1. The molecule has 26 heavy (non-hydrogen) atoms. The summed E-state index contributed by atoms with van der Waals surface area (Å²) < 4.78 is 0. The van der Waals surface area contributed by atoms with Crippen molar-refractivity contribution in [3.05, 3.63) is 35.9 Å². The Hall–Kier alpha value is -2.54. The maximum atomic E-state index is 12.2. The Kier molecular flexibility index (Phi) is 5.46. The molecule has 2 aliphatic heterocycles. The van der Waals surface area contributed by atoms with Gasteiger partial charge in [-0.1, -0.05) is 30.3 Å². The topological polar surface area (TPSA) is 73.3 Å². The molecule has 1 aromatic carbocycles. The molecular formula is C19H24N4O3. The van der Waals surface area contributed by atoms with Gasteiger partial charge in [0.05, 0.1) is 6.04 Å². The summed E-state index contributed by atoms with van der Waals surface area (Å²) in [6.07, 6.45) is 3.22. The van der Waals surface area contributed by atoms with Crippen molar-refractivity contribution in [3.8, 4) is 0 Å². The molecule has 0 bridgehead atoms. The van der Waals surface area contributed by atoms with Gasteiger partial charge < -0.3 is 0 Å². The van der Waals surface area contributed by atoms with Crippen LogP contribution in [0, 0.1) is 5.92 Å². The van der Waals surface area contributed by atoms with Crippen LogP contribution in [0.3, 0.4) is 0 Å². The minimum absolute atomic E-state index is 0.107. The van der Waals surface area contributed by atoms with Crippen molar-refractivity contribution in [1.29, 1.82) is 0 Å². The molecule has 138 valence electrons. The average molecular weight is 356 g/mol. The number of nitrogens with zero attached hydrogens (tertiary/aromatic N) is 4. The van der Waals surface area contributed by atoms with Crippen LogP contribution in [0.25, 0.3) is 0 Å². The van der Waals surface area contributed by atoms with Gasteiger partial charge in [-0.25, -0.2) is 4.79 Å². The number of imide groups is 2. The van der Waals surface area contributed by atoms with E-state index < -0.39 is 23.8 Å². The third-order valence-corrected chi connectivity index (χ3v) is 5.02. The van der Waals surface area contributed by atoms with Crippen molar-refractivity contribution in [2.45, 2.75) is 25.4 Å². The van der Waals surface area contributed by atoms with Crippen LogP contribution in [-0.4, -0.2) is 72.0 Å². The summed E-state index contributed by atoms with van der Waals surface area (Å²) in [7, 11) is 2.77. The Morgan fingerprint density at radius 3 is 2.15 bits per heavy atom. The number of benzene rings is 1. The van der Waals surface area contributed by atoms with Gasteiger partial charge in [-0.15, -0.1) is 0 Å². The highest BCUT2D eigenvalue weighted by atomic mass is 16.2. The standard InChI is InChI=1S/C19H24N4O3/c1-21-17(24)16(18(25)22(2)19(21)26)12-20-15-8-10-23(11-9-15)13-14-6-4-3-5-7-14/h3-7,12,15-16H,8-11,13H2,1-2H3. The molecule has 0 aromatic heterocycles. The molecule has 0 aliphatic carbocycles. The second-order valence-corrected chi connectivity index (χ2v) is 6.85. The van der Waals surface area contributed by atoms with Crippen LogP contribution in [0.2, 0.25) is 0 Å². The first-order valence-electron chi connectivity index (χ1n) is 8.86. The normalized spacial score (nSPS) is 21.2. The van der Waals surface area contributed by atoms with Gasteiger partial charge in [-0.3, -0.25) is 29.3 Å². The smallest absolute Gasteiger partial charge is 0.299 e. The number of hydrogen-bond donors (Lipinski definition) is 0. The monoisotopic (exact) mass is 356 g/mol. The first-order chi connectivity index (χ1) is 12.5. The molecule has 0 atom stereocenters. The molecule has 0 spiro atoms. The second kappa shape index (κ2) is 7.78. The quantitative estimate of drug-likeness (QED) is 0.604. The predicted octanol–water partition coefficient (Wildman–Crippen LogP) is 1.39. The van der Waals surface area contributed by atoms with E-state index in [0.29, 0.717) is 0 Å². The minimum atomic E-state index is -0.995. The lowest BCUT2D eigenvalue weighted by molar-refractivity contribution is -0.144. The summed E-state index contributed by atoms with van der Waals surface area (Å²) in [5.41, 5.74) is 1.29. The zero-order valence-electron chi connectivity index (χ0n) is 15.2. The lowest BCUT2D eigenvalue weighted by Crippen LogP contribution is -2.57. The summed E-state index contributed by atoms with van der Waals surface area (Å²) in [6.45, 7) is 2.79. The predicted molar refractivity (Wildman–Crippen MR) is 97.7 cm³/mol. The molecule has 0 saturated carbocycles. The van der Waals surface area contributed by atoms with E-state index in [9.17, 15) is 14.4 Å². The highest BCUT2D eigenvalue weighted by molar-refractivity contribution is 6.23. The van der Waals surface area contributed by atoms with Crippen molar-refractivity contribution in [3.63, 3.8) is 0 Å². The maximum Gasteiger partial charge on any atom is 0.332 e. The fourth-order valence-corrected chi connectivity index (χ4v) is 3.34. The van der Waals surface area contributed by atoms with Gasteiger partial charge in [-0.05, 0) is 18.4 Å². The summed E-state index contributed by atoms with van der Waals surface area (Å²) in [6, 6.07) is 9.86. The number of hydrogen-bond acceptors (Lipinski definition) is 5. The van der Waals surface area contributed by atoms with Gasteiger partial charge >= 0.3 is 6.03 Å². The summed E-state index contributed by atoms with van der Waals surface area (Å²) in [5, 5.41) is 0. The van der Waals surface area contributed by atoms with E-state index in [2.05, 4.69) is 22.0 Å². The van der Waals surface area contributed by atoms with Crippen LogP contribution >= 0.6 is 0 Å². The number of aliphatic imine (C=N–C) groups is 1. The zero-order chi connectivity index (χ0) is 18.7. The molecule has 7 heteroatoms. The lowest BCUT2D eigenvalue weighted by Gasteiger charge is -2.32. The molecule has 1 aromatic rings. The molecule has 2 saturated heterocycles. The van der Waals surface area contributed by atoms with Gasteiger partial charge in [0.25, 0.3) is 0 Å². The minimum Gasteiger partial charge on any atom is -0.299 e. The number of carbonyl (C=O) groups is 3. The van der Waals surface area contributed by atoms with Gasteiger partial charge in [0.1, 0.15) is 0 Å². The van der Waals surface area contributed by atoms with E-state index in [4.69, 9.17) is 0 Å². The van der Waals surface area contributed by atoms with Crippen LogP contribution in [-0.2, 0) is 16.1 Å². The second-order valence-electron chi connectivity index (χ2n) is 6.85. The van der Waals surface area contributed by atoms with Crippen molar-refractivity contribution in [2.75, 3.05) is 27.2 Å². The van der Waals surface area contributed by atoms with Crippen LogP contribution in [0.1, 0.15) is 18.4 Å². The molecule has 2 heterocycles. The Morgan fingerprint density at radius 2 is 1.58 bits per heavy atom. The number of carbonyl (C=O) groups excluding carboxylic acids is 3. The van der Waals surface area contributed by atoms with Gasteiger partial charge in [0.15, 0.2) is 5.92 Å². The molecule has 0 unspecified atom stereocenters. The number of amides is 4. The van der Waals surface area contributed by atoms with E-state index in [1.807, 2.05) is 18.2 Å². The molecule has 7 nitrogen and oxygen atoms in total. The Morgan fingerprint density at radius 1 is 1.00 bits per heavy atom. The number of barbiturate groups is 1. The first-order valence-corrected chi connectivity index (χ1v) is 8.86. The van der Waals surface area contributed by atoms with Crippen molar-refractivity contribution >= 4 is 24.1 Å². The molecule has 2 aliphatic rings. The average Bonchev–Trinajstić information content (AvgIpc) is 2.67. The van der Waals surface area contributed by atoms with E-state index >= 15 is 0 Å². The third-order valence-electron chi connectivity index (χ3n) is 5.02. The maximum absolute atomic E-state index is 12.2. The highest BCUT2D eigenvalue weighted by Gasteiger charge is 2.41. The highest BCUT2D eigenvalue weighted by Crippen LogP contribution is 2.18. The summed E-state index contributed by atoms with van der Waals surface area (Å²) in [4.78, 5) is 44.9. The van der Waals surface area contributed by atoms with Crippen LogP contribution in [0.5, 0.6) is 0 Å². The summed E-state index contributed by atoms with van der Waals surface area (Å²) >= 11 is 0. The summed E-state index contributed by atoms with van der Waals surface area (Å²) in [5.74, 6) is -2.02. The SMILES string of the molecule is CN1C(=O)C(C=NC2CCN(Cc3ccccc3)CC2)C(=O)N(C)C1=O. The molecule has 0 radical (unpaired) electrons. The largest absolute Gasteiger partial charge is 0.332 e. The van der Waals surface area contributed by atoms with Crippen LogP contribution < -0.4 is 0 Å². The number of piperidine rings is 1. The van der Waals surface area contributed by atoms with Crippen LogP contribution in [0.4, 0.5) is 4.79 Å². The Bertz CT molecular complexity index is 687. The van der Waals surface area contributed by atoms with E-state index in [1.165, 1.54) is 25.9 Å². The third kappa shape index (κ3) is 3.83. The van der Waals surface area contributed by atoms with Crippen molar-refractivity contribution in [2.24, 2.45) is 10.9 Å². The van der Waals surface area contributed by atoms with E-state index in [-0.39, 0.29) is 6.04 Å². The lowest BCUT2D eigenvalue weighted by atomic mass is 10.0.